The Hall–Kier alpha value is -3.91. The van der Waals surface area contributed by atoms with E-state index in [1.165, 1.54) is 41.5 Å². The number of Topliss-reactive ketones (excluding diaryl/α,β-unsaturated/α-hetero) is 1. The van der Waals surface area contributed by atoms with Crippen LogP contribution in [0.15, 0.2) is 71.3 Å². The normalized spacial score (nSPS) is 15.4. The lowest BCUT2D eigenvalue weighted by molar-refractivity contribution is -0.147. The third kappa shape index (κ3) is 5.12. The first kappa shape index (κ1) is 22.3. The number of hydrogen-bond acceptors (Lipinski definition) is 7. The molecule has 0 bridgehead atoms. The molecule has 2 heterocycles. The maximum absolute atomic E-state index is 12.4. The Balaban J connectivity index is 1.29. The topological polar surface area (TPSA) is 103 Å². The second kappa shape index (κ2) is 9.70. The van der Waals surface area contributed by atoms with Crippen molar-refractivity contribution in [3.63, 3.8) is 0 Å². The van der Waals surface area contributed by atoms with Crippen LogP contribution in [-0.4, -0.2) is 36.8 Å². The lowest BCUT2D eigenvalue weighted by Gasteiger charge is -2.17. The molecule has 168 valence electrons. The van der Waals surface area contributed by atoms with E-state index in [9.17, 15) is 19.2 Å². The summed E-state index contributed by atoms with van der Waals surface area (Å²) in [5.74, 6) is -2.37. The van der Waals surface area contributed by atoms with E-state index in [0.29, 0.717) is 10.7 Å². The molecule has 8 nitrogen and oxygen atoms in total. The highest BCUT2D eigenvalue weighted by atomic mass is 35.5. The Bertz CT molecular complexity index is 1190. The molecular formula is C24H18ClNO7. The Morgan fingerprint density at radius 1 is 1.03 bits per heavy atom. The average Bonchev–Trinajstić information content (AvgIpc) is 3.48. The first-order chi connectivity index (χ1) is 15.9. The van der Waals surface area contributed by atoms with Crippen molar-refractivity contribution in [3.8, 4) is 5.75 Å². The summed E-state index contributed by atoms with van der Waals surface area (Å²) in [5.41, 5.74) is 0.809. The van der Waals surface area contributed by atoms with Crippen molar-refractivity contribution >= 4 is 40.9 Å². The number of nitrogens with zero attached hydrogens (tertiary/aromatic N) is 1. The van der Waals surface area contributed by atoms with Crippen LogP contribution in [0.25, 0.3) is 0 Å². The predicted octanol–water partition coefficient (Wildman–Crippen LogP) is 3.93. The van der Waals surface area contributed by atoms with Gasteiger partial charge in [0, 0.05) is 18.5 Å². The summed E-state index contributed by atoms with van der Waals surface area (Å²) in [6.45, 7) is -0.341. The molecule has 0 unspecified atom stereocenters. The van der Waals surface area contributed by atoms with Gasteiger partial charge in [-0.15, -0.1) is 0 Å². The molecule has 33 heavy (non-hydrogen) atoms. The van der Waals surface area contributed by atoms with E-state index >= 15 is 0 Å². The average molecular weight is 468 g/mol. The van der Waals surface area contributed by atoms with Gasteiger partial charge in [-0.2, -0.15) is 0 Å². The minimum absolute atomic E-state index is 0.0199. The Morgan fingerprint density at radius 2 is 1.79 bits per heavy atom. The number of ketones is 1. The number of ether oxygens (including phenoxy) is 2. The van der Waals surface area contributed by atoms with Gasteiger partial charge in [0.05, 0.1) is 22.9 Å². The number of anilines is 1. The van der Waals surface area contributed by atoms with Gasteiger partial charge >= 0.3 is 11.9 Å². The lowest BCUT2D eigenvalue weighted by atomic mass is 10.1. The summed E-state index contributed by atoms with van der Waals surface area (Å²) in [6, 6.07) is 15.7. The SMILES string of the molecule is O=C(COC(=O)[C@@H]1CC(=O)N(c2ccccc2Cl)C1)c1ccc(OC(=O)c2ccco2)cc1. The van der Waals surface area contributed by atoms with E-state index in [-0.39, 0.29) is 35.9 Å². The van der Waals surface area contributed by atoms with Crippen LogP contribution in [0.5, 0.6) is 5.75 Å². The molecule has 1 saturated heterocycles. The van der Waals surface area contributed by atoms with Crippen molar-refractivity contribution in [3.05, 3.63) is 83.3 Å². The Kier molecular flexibility index (Phi) is 6.55. The highest BCUT2D eigenvalue weighted by molar-refractivity contribution is 6.33. The summed E-state index contributed by atoms with van der Waals surface area (Å²) < 4.78 is 15.3. The van der Waals surface area contributed by atoms with Gasteiger partial charge in [0.2, 0.25) is 11.7 Å². The van der Waals surface area contributed by atoms with E-state index in [2.05, 4.69) is 0 Å². The van der Waals surface area contributed by atoms with Crippen molar-refractivity contribution in [2.45, 2.75) is 6.42 Å². The second-order valence-corrected chi connectivity index (χ2v) is 7.69. The number of halogens is 1. The van der Waals surface area contributed by atoms with Gasteiger partial charge in [0.25, 0.3) is 0 Å². The minimum Gasteiger partial charge on any atom is -0.457 e. The van der Waals surface area contributed by atoms with Crippen LogP contribution >= 0.6 is 11.6 Å². The lowest BCUT2D eigenvalue weighted by Crippen LogP contribution is -2.27. The fraction of sp³-hybridized carbons (Fsp3) is 0.167. The molecule has 1 fully saturated rings. The zero-order valence-electron chi connectivity index (χ0n) is 17.2. The summed E-state index contributed by atoms with van der Waals surface area (Å²) in [4.78, 5) is 50.5. The van der Waals surface area contributed by atoms with Crippen LogP contribution in [0.3, 0.4) is 0 Å². The van der Waals surface area contributed by atoms with Crippen molar-refractivity contribution in [2.24, 2.45) is 5.92 Å². The number of hydrogen-bond donors (Lipinski definition) is 0. The highest BCUT2D eigenvalue weighted by Gasteiger charge is 2.37. The van der Waals surface area contributed by atoms with Crippen LogP contribution in [0.4, 0.5) is 5.69 Å². The maximum atomic E-state index is 12.4. The summed E-state index contributed by atoms with van der Waals surface area (Å²) in [5, 5.41) is 0.410. The monoisotopic (exact) mass is 467 g/mol. The second-order valence-electron chi connectivity index (χ2n) is 7.28. The molecule has 9 heteroatoms. The zero-order valence-corrected chi connectivity index (χ0v) is 18.0. The van der Waals surface area contributed by atoms with Gasteiger partial charge in [-0.1, -0.05) is 23.7 Å². The van der Waals surface area contributed by atoms with Gasteiger partial charge in [-0.05, 0) is 48.5 Å². The number of rotatable bonds is 7. The van der Waals surface area contributed by atoms with E-state index < -0.39 is 30.2 Å². The minimum atomic E-state index is -0.690. The predicted molar refractivity (Wildman–Crippen MR) is 117 cm³/mol. The van der Waals surface area contributed by atoms with Gasteiger partial charge in [0.1, 0.15) is 5.75 Å². The van der Waals surface area contributed by atoms with Gasteiger partial charge in [-0.25, -0.2) is 4.79 Å². The first-order valence-corrected chi connectivity index (χ1v) is 10.4. The molecule has 0 aliphatic carbocycles. The quantitative estimate of drug-likeness (QED) is 0.294. The smallest absolute Gasteiger partial charge is 0.379 e. The van der Waals surface area contributed by atoms with Gasteiger partial charge in [-0.3, -0.25) is 14.4 Å². The number of furan rings is 1. The Morgan fingerprint density at radius 3 is 2.48 bits per heavy atom. The Labute approximate surface area is 193 Å². The zero-order chi connectivity index (χ0) is 23.4. The molecule has 4 rings (SSSR count). The van der Waals surface area contributed by atoms with Gasteiger partial charge in [0.15, 0.2) is 12.4 Å². The highest BCUT2D eigenvalue weighted by Crippen LogP contribution is 2.31. The van der Waals surface area contributed by atoms with E-state index in [4.69, 9.17) is 25.5 Å². The number of para-hydroxylation sites is 1. The fourth-order valence-electron chi connectivity index (χ4n) is 3.37. The van der Waals surface area contributed by atoms with Crippen LogP contribution in [-0.2, 0) is 14.3 Å². The standard InChI is InChI=1S/C24H18ClNO7/c25-18-4-1-2-5-19(18)26-13-16(12-22(26)28)23(29)32-14-20(27)15-7-9-17(10-8-15)33-24(30)21-6-3-11-31-21/h1-11,16H,12-14H2/t16-/m1/s1. The number of benzene rings is 2. The molecule has 1 amide bonds. The number of carbonyl (C=O) groups excluding carboxylic acids is 4. The third-order valence-corrected chi connectivity index (χ3v) is 5.38. The van der Waals surface area contributed by atoms with Crippen molar-refractivity contribution < 1.29 is 33.1 Å². The van der Waals surface area contributed by atoms with Crippen LogP contribution in [0.2, 0.25) is 5.02 Å². The molecule has 0 saturated carbocycles. The third-order valence-electron chi connectivity index (χ3n) is 5.06. The summed E-state index contributed by atoms with van der Waals surface area (Å²) in [6.07, 6.45) is 1.34. The molecule has 0 spiro atoms. The first-order valence-electron chi connectivity index (χ1n) is 10.0. The summed E-state index contributed by atoms with van der Waals surface area (Å²) in [7, 11) is 0. The number of esters is 2. The maximum Gasteiger partial charge on any atom is 0.379 e. The number of amides is 1. The van der Waals surface area contributed by atoms with E-state index in [1.807, 2.05) is 0 Å². The fourth-order valence-corrected chi connectivity index (χ4v) is 3.61. The molecule has 1 aliphatic rings. The van der Waals surface area contributed by atoms with Crippen LogP contribution in [0, 0.1) is 5.92 Å². The van der Waals surface area contributed by atoms with Crippen molar-refractivity contribution in [1.29, 1.82) is 0 Å². The van der Waals surface area contributed by atoms with E-state index in [1.54, 1.807) is 30.3 Å². The van der Waals surface area contributed by atoms with E-state index in [0.717, 1.165) is 0 Å². The number of carbonyl (C=O) groups is 4. The molecule has 1 aromatic heterocycles. The van der Waals surface area contributed by atoms with Crippen LogP contribution in [0.1, 0.15) is 27.3 Å². The molecule has 1 atom stereocenters. The van der Waals surface area contributed by atoms with Crippen molar-refractivity contribution in [1.82, 2.24) is 0 Å². The molecule has 2 aromatic carbocycles. The molecule has 0 N–H and O–H groups in total. The molecule has 0 radical (unpaired) electrons. The summed E-state index contributed by atoms with van der Waals surface area (Å²) >= 11 is 6.15. The largest absolute Gasteiger partial charge is 0.457 e. The molecule has 1 aliphatic heterocycles. The van der Waals surface area contributed by atoms with Crippen LogP contribution < -0.4 is 9.64 Å². The van der Waals surface area contributed by atoms with Gasteiger partial charge < -0.3 is 18.8 Å². The molecular weight excluding hydrogens is 450 g/mol. The van der Waals surface area contributed by atoms with Crippen molar-refractivity contribution in [2.75, 3.05) is 18.1 Å². The molecule has 3 aromatic rings.